The topological polar surface area (TPSA) is 43.8 Å². The number of nitrogens with two attached hydrogens (primary N) is 1. The van der Waals surface area contributed by atoms with Crippen molar-refractivity contribution in [1.82, 2.24) is 9.78 Å². The first-order chi connectivity index (χ1) is 9.71. The lowest BCUT2D eigenvalue weighted by Crippen LogP contribution is -2.20. The number of alkyl halides is 3. The fourth-order valence-electron chi connectivity index (χ4n) is 2.30. The van der Waals surface area contributed by atoms with Gasteiger partial charge in [-0.25, -0.2) is 0 Å². The van der Waals surface area contributed by atoms with Crippen molar-refractivity contribution >= 4 is 15.9 Å². The third-order valence-electron chi connectivity index (χ3n) is 3.34. The Morgan fingerprint density at radius 3 is 2.48 bits per heavy atom. The highest BCUT2D eigenvalue weighted by Crippen LogP contribution is 2.35. The maximum Gasteiger partial charge on any atom is 0.416 e. The first-order valence-electron chi connectivity index (χ1n) is 6.31. The minimum absolute atomic E-state index is 0.0933. The van der Waals surface area contributed by atoms with E-state index in [9.17, 15) is 13.2 Å². The van der Waals surface area contributed by atoms with Gasteiger partial charge in [0.05, 0.1) is 21.4 Å². The fraction of sp³-hybridized carbons (Fsp3) is 0.357. The average Bonchev–Trinajstić information content (AvgIpc) is 2.64. The third kappa shape index (κ3) is 3.29. The molecule has 0 fully saturated rings. The number of aromatic nitrogens is 2. The second-order valence-electron chi connectivity index (χ2n) is 4.87. The summed E-state index contributed by atoms with van der Waals surface area (Å²) >= 11 is 3.40. The van der Waals surface area contributed by atoms with Crippen molar-refractivity contribution in [2.24, 2.45) is 12.8 Å². The summed E-state index contributed by atoms with van der Waals surface area (Å²) in [5, 5.41) is 4.22. The van der Waals surface area contributed by atoms with Crippen LogP contribution < -0.4 is 5.73 Å². The van der Waals surface area contributed by atoms with Crippen LogP contribution in [-0.2, 0) is 19.6 Å². The van der Waals surface area contributed by atoms with Crippen molar-refractivity contribution in [3.05, 3.63) is 51.3 Å². The summed E-state index contributed by atoms with van der Waals surface area (Å²) in [6, 6.07) is 4.65. The van der Waals surface area contributed by atoms with E-state index in [0.29, 0.717) is 0 Å². The van der Waals surface area contributed by atoms with E-state index in [1.807, 2.05) is 6.92 Å². The van der Waals surface area contributed by atoms with Gasteiger partial charge in [-0.3, -0.25) is 4.68 Å². The van der Waals surface area contributed by atoms with Crippen molar-refractivity contribution in [2.45, 2.75) is 25.6 Å². The molecule has 1 heterocycles. The zero-order valence-electron chi connectivity index (χ0n) is 11.6. The van der Waals surface area contributed by atoms with Gasteiger partial charge in [0.25, 0.3) is 0 Å². The van der Waals surface area contributed by atoms with Crippen LogP contribution in [0.5, 0.6) is 0 Å². The number of aryl methyl sites for hydroxylation is 2. The normalized spacial score (nSPS) is 13.5. The van der Waals surface area contributed by atoms with Crippen LogP contribution in [-0.4, -0.2) is 9.78 Å². The lowest BCUT2D eigenvalue weighted by Gasteiger charge is -2.18. The Morgan fingerprint density at radius 2 is 1.95 bits per heavy atom. The smallest absolute Gasteiger partial charge is 0.324 e. The Hall–Kier alpha value is -1.34. The van der Waals surface area contributed by atoms with Crippen LogP contribution in [0, 0.1) is 6.92 Å². The number of rotatable bonds is 3. The van der Waals surface area contributed by atoms with Crippen molar-refractivity contribution < 1.29 is 13.2 Å². The second-order valence-corrected chi connectivity index (χ2v) is 5.66. The molecule has 1 unspecified atom stereocenters. The molecule has 1 aromatic carbocycles. The molecule has 1 aromatic heterocycles. The van der Waals surface area contributed by atoms with Gasteiger partial charge in [-0.1, -0.05) is 18.2 Å². The van der Waals surface area contributed by atoms with E-state index in [4.69, 9.17) is 5.73 Å². The largest absolute Gasteiger partial charge is 0.416 e. The average molecular weight is 362 g/mol. The molecule has 2 N–H and O–H groups in total. The van der Waals surface area contributed by atoms with Gasteiger partial charge in [-0.05, 0) is 34.5 Å². The minimum atomic E-state index is -4.41. The van der Waals surface area contributed by atoms with Crippen molar-refractivity contribution in [3.8, 4) is 0 Å². The molecule has 0 saturated heterocycles. The highest BCUT2D eigenvalue weighted by molar-refractivity contribution is 9.10. The van der Waals surface area contributed by atoms with Gasteiger partial charge < -0.3 is 5.73 Å². The molecule has 0 radical (unpaired) electrons. The van der Waals surface area contributed by atoms with E-state index in [1.165, 1.54) is 12.1 Å². The van der Waals surface area contributed by atoms with Crippen molar-refractivity contribution in [3.63, 3.8) is 0 Å². The van der Waals surface area contributed by atoms with Gasteiger partial charge in [0.2, 0.25) is 0 Å². The van der Waals surface area contributed by atoms with Crippen LogP contribution in [0.2, 0.25) is 0 Å². The molecular weight excluding hydrogens is 347 g/mol. The SMILES string of the molecule is Cc1nn(C)c(CC(N)c2ccccc2C(F)(F)F)c1Br. The van der Waals surface area contributed by atoms with Crippen LogP contribution in [0.4, 0.5) is 13.2 Å². The van der Waals surface area contributed by atoms with Crippen LogP contribution in [0.1, 0.15) is 28.6 Å². The van der Waals surface area contributed by atoms with E-state index in [1.54, 1.807) is 17.8 Å². The lowest BCUT2D eigenvalue weighted by atomic mass is 9.97. The van der Waals surface area contributed by atoms with Crippen LogP contribution >= 0.6 is 15.9 Å². The molecule has 2 rings (SSSR count). The molecular formula is C14H15BrF3N3. The molecule has 21 heavy (non-hydrogen) atoms. The monoisotopic (exact) mass is 361 g/mol. The molecule has 2 aromatic rings. The number of hydrogen-bond donors (Lipinski definition) is 1. The predicted octanol–water partition coefficient (Wildman–Crippen LogP) is 3.75. The molecule has 1 atom stereocenters. The van der Waals surface area contributed by atoms with Gasteiger partial charge >= 0.3 is 6.18 Å². The Balaban J connectivity index is 2.35. The number of benzene rings is 1. The van der Waals surface area contributed by atoms with Gasteiger partial charge in [0.1, 0.15) is 0 Å². The molecule has 114 valence electrons. The second kappa shape index (κ2) is 5.81. The Kier molecular flexibility index (Phi) is 4.43. The molecule has 0 aliphatic rings. The molecule has 0 saturated carbocycles. The third-order valence-corrected chi connectivity index (χ3v) is 4.37. The standard InChI is InChI=1S/C14H15BrF3N3/c1-8-13(15)12(21(2)20-8)7-11(19)9-5-3-4-6-10(9)14(16,17)18/h3-6,11H,7,19H2,1-2H3. The number of hydrogen-bond acceptors (Lipinski definition) is 2. The number of nitrogens with zero attached hydrogens (tertiary/aromatic N) is 2. The molecule has 0 spiro atoms. The summed E-state index contributed by atoms with van der Waals surface area (Å²) < 4.78 is 41.5. The van der Waals surface area contributed by atoms with Crippen molar-refractivity contribution in [2.75, 3.05) is 0 Å². The molecule has 0 bridgehead atoms. The lowest BCUT2D eigenvalue weighted by molar-refractivity contribution is -0.138. The summed E-state index contributed by atoms with van der Waals surface area (Å²) in [6.07, 6.45) is -4.14. The zero-order valence-corrected chi connectivity index (χ0v) is 13.2. The highest BCUT2D eigenvalue weighted by Gasteiger charge is 2.34. The maximum absolute atomic E-state index is 13.0. The fourth-order valence-corrected chi connectivity index (χ4v) is 2.80. The maximum atomic E-state index is 13.0. The summed E-state index contributed by atoms with van der Waals surface area (Å²) in [4.78, 5) is 0. The quantitative estimate of drug-likeness (QED) is 0.904. The predicted molar refractivity (Wildman–Crippen MR) is 77.7 cm³/mol. The molecule has 0 aliphatic carbocycles. The Labute approximate surface area is 129 Å². The van der Waals surface area contributed by atoms with Crippen LogP contribution in [0.25, 0.3) is 0 Å². The minimum Gasteiger partial charge on any atom is -0.324 e. The first-order valence-corrected chi connectivity index (χ1v) is 7.10. The number of halogens is 4. The van der Waals surface area contributed by atoms with E-state index in [-0.39, 0.29) is 12.0 Å². The first kappa shape index (κ1) is 16.0. The molecule has 7 heteroatoms. The van der Waals surface area contributed by atoms with Gasteiger partial charge in [-0.2, -0.15) is 18.3 Å². The summed E-state index contributed by atoms with van der Waals surface area (Å²) in [7, 11) is 1.75. The summed E-state index contributed by atoms with van der Waals surface area (Å²) in [6.45, 7) is 1.82. The molecule has 0 amide bonds. The van der Waals surface area contributed by atoms with E-state index in [0.717, 1.165) is 21.9 Å². The van der Waals surface area contributed by atoms with Gasteiger partial charge in [0, 0.05) is 19.5 Å². The van der Waals surface area contributed by atoms with Crippen molar-refractivity contribution in [1.29, 1.82) is 0 Å². The van der Waals surface area contributed by atoms with Gasteiger partial charge in [0.15, 0.2) is 0 Å². The Bertz CT molecular complexity index is 649. The zero-order chi connectivity index (χ0) is 15.8. The van der Waals surface area contributed by atoms with Crippen LogP contribution in [0.15, 0.2) is 28.7 Å². The Morgan fingerprint density at radius 1 is 1.33 bits per heavy atom. The van der Waals surface area contributed by atoms with E-state index >= 15 is 0 Å². The van der Waals surface area contributed by atoms with Gasteiger partial charge in [-0.15, -0.1) is 0 Å². The highest BCUT2D eigenvalue weighted by atomic mass is 79.9. The summed E-state index contributed by atoms with van der Waals surface area (Å²) in [5.41, 5.74) is 6.97. The van der Waals surface area contributed by atoms with E-state index < -0.39 is 17.8 Å². The summed E-state index contributed by atoms with van der Waals surface area (Å²) in [5.74, 6) is 0. The molecule has 0 aliphatic heterocycles. The van der Waals surface area contributed by atoms with E-state index in [2.05, 4.69) is 21.0 Å². The van der Waals surface area contributed by atoms with Crippen LogP contribution in [0.3, 0.4) is 0 Å². The molecule has 3 nitrogen and oxygen atoms in total.